The lowest BCUT2D eigenvalue weighted by atomic mass is 10.1. The Morgan fingerprint density at radius 1 is 1.29 bits per heavy atom. The molecular weight excluding hydrogens is 421 g/mol. The molecule has 0 atom stereocenters. The van der Waals surface area contributed by atoms with E-state index in [0.29, 0.717) is 6.04 Å². The smallest absolute Gasteiger partial charge is 0.409 e. The zero-order valence-electron chi connectivity index (χ0n) is 15.5. The van der Waals surface area contributed by atoms with E-state index in [1.54, 1.807) is 11.9 Å². The normalized spacial score (nSPS) is 15.9. The van der Waals surface area contributed by atoms with E-state index < -0.39 is 0 Å². The fourth-order valence-electron chi connectivity index (χ4n) is 2.80. The lowest BCUT2D eigenvalue weighted by molar-refractivity contribution is 0.111. The molecule has 1 fully saturated rings. The summed E-state index contributed by atoms with van der Waals surface area (Å²) in [5, 5.41) is 6.83. The lowest BCUT2D eigenvalue weighted by Gasteiger charge is -2.32. The monoisotopic (exact) mass is 455 g/mol. The van der Waals surface area contributed by atoms with Gasteiger partial charge in [-0.05, 0) is 32.4 Å². The Balaban J connectivity index is 0.00000529. The van der Waals surface area contributed by atoms with Crippen molar-refractivity contribution in [1.29, 1.82) is 0 Å². The average Bonchev–Trinajstić information content (AvgIpc) is 2.59. The molecule has 0 saturated carbocycles. The lowest BCUT2D eigenvalue weighted by Crippen LogP contribution is -2.50. The second-order valence-corrected chi connectivity index (χ2v) is 5.81. The Kier molecular flexibility index (Phi) is 13.1. The highest BCUT2D eigenvalue weighted by molar-refractivity contribution is 14.0. The second kappa shape index (κ2) is 13.5. The molecule has 1 aliphatic heterocycles. The Morgan fingerprint density at radius 3 is 2.46 bits per heavy atom. The maximum atomic E-state index is 11.5. The number of amides is 1. The summed E-state index contributed by atoms with van der Waals surface area (Å²) in [6, 6.07) is 0.347. The minimum absolute atomic E-state index is 0. The fraction of sp³-hybridized carbons (Fsp3) is 0.875. The number of guanidine groups is 1. The van der Waals surface area contributed by atoms with Crippen LogP contribution in [-0.4, -0.2) is 81.3 Å². The van der Waals surface area contributed by atoms with Crippen LogP contribution in [0, 0.1) is 0 Å². The predicted molar refractivity (Wildman–Crippen MR) is 109 cm³/mol. The van der Waals surface area contributed by atoms with Gasteiger partial charge in [-0.2, -0.15) is 0 Å². The molecule has 0 aliphatic carbocycles. The number of likely N-dealkylation sites (tertiary alicyclic amines) is 1. The molecule has 8 heteroatoms. The number of methoxy groups -OCH3 is 1. The van der Waals surface area contributed by atoms with Crippen LogP contribution in [0.25, 0.3) is 0 Å². The van der Waals surface area contributed by atoms with Gasteiger partial charge in [0.05, 0.1) is 7.11 Å². The number of hydrogen-bond acceptors (Lipinski definition) is 4. The largest absolute Gasteiger partial charge is 0.453 e. The first-order chi connectivity index (χ1) is 11.1. The summed E-state index contributed by atoms with van der Waals surface area (Å²) < 4.78 is 4.76. The summed E-state index contributed by atoms with van der Waals surface area (Å²) >= 11 is 0. The fourth-order valence-corrected chi connectivity index (χ4v) is 2.80. The Morgan fingerprint density at radius 2 is 1.96 bits per heavy atom. The SMILES string of the molecule is CCCN(CC)CCNC(=NC)NC1CCN(C(=O)OC)CC1.I. The van der Waals surface area contributed by atoms with E-state index >= 15 is 0 Å². The number of aliphatic imine (C=N–C) groups is 1. The first-order valence-electron chi connectivity index (χ1n) is 8.67. The molecule has 142 valence electrons. The van der Waals surface area contributed by atoms with Crippen molar-refractivity contribution in [3.63, 3.8) is 0 Å². The summed E-state index contributed by atoms with van der Waals surface area (Å²) in [6.07, 6.45) is 2.76. The van der Waals surface area contributed by atoms with Gasteiger partial charge in [-0.25, -0.2) is 4.79 Å². The van der Waals surface area contributed by atoms with Crippen molar-refractivity contribution in [1.82, 2.24) is 20.4 Å². The van der Waals surface area contributed by atoms with Gasteiger partial charge in [0, 0.05) is 39.3 Å². The number of carbonyl (C=O) groups is 1. The standard InChI is InChI=1S/C16H33N5O2.HI/c1-5-10-20(6-2)13-9-18-15(17-3)19-14-7-11-21(12-8-14)16(22)23-4;/h14H,5-13H2,1-4H3,(H2,17,18,19);1H. The quantitative estimate of drug-likeness (QED) is 0.348. The van der Waals surface area contributed by atoms with E-state index in [-0.39, 0.29) is 30.1 Å². The molecule has 2 N–H and O–H groups in total. The average molecular weight is 455 g/mol. The van der Waals surface area contributed by atoms with Gasteiger partial charge in [-0.3, -0.25) is 4.99 Å². The van der Waals surface area contributed by atoms with Crippen molar-refractivity contribution in [2.75, 3.05) is 53.4 Å². The minimum atomic E-state index is -0.235. The molecular formula is C16H34IN5O2. The molecule has 0 aromatic heterocycles. The van der Waals surface area contributed by atoms with Crippen molar-refractivity contribution in [2.45, 2.75) is 39.2 Å². The molecule has 24 heavy (non-hydrogen) atoms. The first kappa shape index (κ1) is 23.2. The number of ether oxygens (including phenoxy) is 1. The van der Waals surface area contributed by atoms with Crippen LogP contribution in [0.5, 0.6) is 0 Å². The van der Waals surface area contributed by atoms with Crippen molar-refractivity contribution in [2.24, 2.45) is 4.99 Å². The van der Waals surface area contributed by atoms with E-state index in [4.69, 9.17) is 4.74 Å². The number of nitrogens with zero attached hydrogens (tertiary/aromatic N) is 3. The highest BCUT2D eigenvalue weighted by Crippen LogP contribution is 2.11. The number of rotatable bonds is 7. The molecule has 0 aromatic carbocycles. The third-order valence-corrected chi connectivity index (χ3v) is 4.20. The van der Waals surface area contributed by atoms with E-state index in [1.807, 2.05) is 0 Å². The topological polar surface area (TPSA) is 69.2 Å². The molecule has 0 spiro atoms. The van der Waals surface area contributed by atoms with Crippen LogP contribution in [-0.2, 0) is 4.74 Å². The molecule has 1 aliphatic rings. The molecule has 0 radical (unpaired) electrons. The van der Waals surface area contributed by atoms with Crippen molar-refractivity contribution in [3.05, 3.63) is 0 Å². The van der Waals surface area contributed by atoms with Crippen LogP contribution in [0.2, 0.25) is 0 Å². The number of carbonyl (C=O) groups excluding carboxylic acids is 1. The van der Waals surface area contributed by atoms with Gasteiger partial charge in [-0.1, -0.05) is 13.8 Å². The van der Waals surface area contributed by atoms with Crippen molar-refractivity contribution < 1.29 is 9.53 Å². The van der Waals surface area contributed by atoms with Crippen LogP contribution in [0.3, 0.4) is 0 Å². The molecule has 1 heterocycles. The summed E-state index contributed by atoms with van der Waals surface area (Å²) in [5.74, 6) is 0.842. The number of piperidine rings is 1. The highest BCUT2D eigenvalue weighted by Gasteiger charge is 2.23. The number of likely N-dealkylation sites (N-methyl/N-ethyl adjacent to an activating group) is 1. The Bertz CT molecular complexity index is 373. The second-order valence-electron chi connectivity index (χ2n) is 5.81. The van der Waals surface area contributed by atoms with Gasteiger partial charge < -0.3 is 25.2 Å². The van der Waals surface area contributed by atoms with E-state index in [0.717, 1.165) is 58.1 Å². The Hall–Kier alpha value is -0.770. The zero-order chi connectivity index (χ0) is 17.1. The first-order valence-corrected chi connectivity index (χ1v) is 8.67. The number of hydrogen-bond donors (Lipinski definition) is 2. The highest BCUT2D eigenvalue weighted by atomic mass is 127. The molecule has 0 bridgehead atoms. The van der Waals surface area contributed by atoms with Crippen molar-refractivity contribution >= 4 is 36.0 Å². The van der Waals surface area contributed by atoms with Gasteiger partial charge in [0.2, 0.25) is 0 Å². The van der Waals surface area contributed by atoms with Crippen LogP contribution in [0.4, 0.5) is 4.79 Å². The van der Waals surface area contributed by atoms with Crippen LogP contribution < -0.4 is 10.6 Å². The van der Waals surface area contributed by atoms with Gasteiger partial charge in [-0.15, -0.1) is 24.0 Å². The third kappa shape index (κ3) is 8.36. The van der Waals surface area contributed by atoms with E-state index in [9.17, 15) is 4.79 Å². The van der Waals surface area contributed by atoms with Gasteiger partial charge in [0.1, 0.15) is 0 Å². The number of nitrogens with one attached hydrogen (secondary N) is 2. The summed E-state index contributed by atoms with van der Waals surface area (Å²) in [6.45, 7) is 9.96. The predicted octanol–water partition coefficient (Wildman–Crippen LogP) is 1.73. The van der Waals surface area contributed by atoms with Crippen LogP contribution >= 0.6 is 24.0 Å². The molecule has 0 aromatic rings. The summed E-state index contributed by atoms with van der Waals surface area (Å²) in [5.41, 5.74) is 0. The van der Waals surface area contributed by atoms with Crippen molar-refractivity contribution in [3.8, 4) is 0 Å². The Labute approximate surface area is 163 Å². The molecule has 1 rings (SSSR count). The van der Waals surface area contributed by atoms with Crippen LogP contribution in [0.1, 0.15) is 33.1 Å². The number of halogens is 1. The molecule has 1 saturated heterocycles. The van der Waals surface area contributed by atoms with Gasteiger partial charge in [0.15, 0.2) is 5.96 Å². The third-order valence-electron chi connectivity index (χ3n) is 4.20. The van der Waals surface area contributed by atoms with Crippen LogP contribution in [0.15, 0.2) is 4.99 Å². The van der Waals surface area contributed by atoms with Gasteiger partial charge in [0.25, 0.3) is 0 Å². The maximum Gasteiger partial charge on any atom is 0.409 e. The molecule has 0 unspecified atom stereocenters. The van der Waals surface area contributed by atoms with E-state index in [1.165, 1.54) is 13.5 Å². The van der Waals surface area contributed by atoms with Gasteiger partial charge >= 0.3 is 6.09 Å². The zero-order valence-corrected chi connectivity index (χ0v) is 17.8. The summed E-state index contributed by atoms with van der Waals surface area (Å²) in [7, 11) is 3.22. The van der Waals surface area contributed by atoms with E-state index in [2.05, 4.69) is 34.4 Å². The summed E-state index contributed by atoms with van der Waals surface area (Å²) in [4.78, 5) is 19.9. The maximum absolute atomic E-state index is 11.5. The minimum Gasteiger partial charge on any atom is -0.453 e. The molecule has 1 amide bonds. The molecule has 7 nitrogen and oxygen atoms in total.